The number of halogens is 1. The van der Waals surface area contributed by atoms with Crippen molar-refractivity contribution in [2.24, 2.45) is 5.41 Å². The molecule has 1 rings (SSSR count). The highest BCUT2D eigenvalue weighted by Gasteiger charge is 2.13. The summed E-state index contributed by atoms with van der Waals surface area (Å²) < 4.78 is 1.09. The molecule has 0 atom stereocenters. The monoisotopic (exact) mass is 268 g/mol. The fourth-order valence-corrected chi connectivity index (χ4v) is 2.35. The largest absolute Gasteiger partial charge is 0.300 e. The molecule has 0 saturated heterocycles. The van der Waals surface area contributed by atoms with Crippen molar-refractivity contribution in [3.8, 4) is 0 Å². The van der Waals surface area contributed by atoms with E-state index in [0.29, 0.717) is 6.42 Å². The Balaban J connectivity index is 2.76. The fraction of sp³-hybridized carbons (Fsp3) is 0.462. The zero-order valence-corrected chi connectivity index (χ0v) is 11.1. The number of ketones is 1. The number of rotatable bonds is 3. The molecule has 0 aromatic heterocycles. The van der Waals surface area contributed by atoms with Crippen molar-refractivity contribution < 1.29 is 4.79 Å². The van der Waals surface area contributed by atoms with Gasteiger partial charge in [0.2, 0.25) is 0 Å². The molecule has 0 aliphatic heterocycles. The zero-order chi connectivity index (χ0) is 11.5. The molecule has 0 saturated carbocycles. The number of hydrogen-bond acceptors (Lipinski definition) is 1. The Bertz CT molecular complexity index is 346. The summed E-state index contributed by atoms with van der Waals surface area (Å²) in [5.74, 6) is 0.243. The molecule has 0 amide bonds. The summed E-state index contributed by atoms with van der Waals surface area (Å²) in [6.45, 7) is 5.95. The highest BCUT2D eigenvalue weighted by Crippen LogP contribution is 2.29. The summed E-state index contributed by atoms with van der Waals surface area (Å²) in [5.41, 5.74) is 1.28. The first-order chi connectivity index (χ1) is 6.89. The van der Waals surface area contributed by atoms with Gasteiger partial charge in [0.05, 0.1) is 0 Å². The van der Waals surface area contributed by atoms with Gasteiger partial charge in [0.15, 0.2) is 0 Å². The summed E-state index contributed by atoms with van der Waals surface area (Å²) in [7, 11) is 0. The number of carbonyl (C=O) groups is 1. The summed E-state index contributed by atoms with van der Waals surface area (Å²) >= 11 is 3.52. The molecule has 15 heavy (non-hydrogen) atoms. The third-order valence-electron chi connectivity index (χ3n) is 2.33. The van der Waals surface area contributed by atoms with Crippen molar-refractivity contribution >= 4 is 21.7 Å². The Morgan fingerprint density at radius 3 is 2.73 bits per heavy atom. The zero-order valence-electron chi connectivity index (χ0n) is 9.51. The Hall–Kier alpha value is -0.630. The van der Waals surface area contributed by atoms with Crippen LogP contribution in [0.4, 0.5) is 0 Å². The lowest BCUT2D eigenvalue weighted by Crippen LogP contribution is -2.01. The van der Waals surface area contributed by atoms with Crippen LogP contribution in [-0.2, 0) is 4.79 Å². The molecule has 1 nitrogen and oxygen atoms in total. The number of Topliss-reactive ketones (excluding diaryl/α,β-unsaturated/α-hetero) is 1. The maximum atomic E-state index is 10.9. The molecule has 0 bridgehead atoms. The van der Waals surface area contributed by atoms with Crippen LogP contribution in [0.2, 0.25) is 0 Å². The summed E-state index contributed by atoms with van der Waals surface area (Å²) in [6.07, 6.45) is 10.0. The molecule has 0 heterocycles. The molecule has 0 N–H and O–H groups in total. The average molecular weight is 269 g/mol. The molecule has 0 unspecified atom stereocenters. The van der Waals surface area contributed by atoms with Gasteiger partial charge in [-0.2, -0.15) is 0 Å². The van der Waals surface area contributed by atoms with E-state index in [1.807, 2.05) is 0 Å². The van der Waals surface area contributed by atoms with Crippen LogP contribution in [0.25, 0.3) is 0 Å². The first-order valence-corrected chi connectivity index (χ1v) is 5.96. The second-order valence-corrected chi connectivity index (χ2v) is 5.52. The van der Waals surface area contributed by atoms with Gasteiger partial charge in [-0.1, -0.05) is 48.0 Å². The predicted molar refractivity (Wildman–Crippen MR) is 67.9 cm³/mol. The lowest BCUT2D eigenvalue weighted by molar-refractivity contribution is -0.116. The van der Waals surface area contributed by atoms with Crippen LogP contribution in [0.1, 0.15) is 33.6 Å². The molecule has 82 valence electrons. The normalized spacial score (nSPS) is 19.2. The Morgan fingerprint density at radius 2 is 2.13 bits per heavy atom. The maximum absolute atomic E-state index is 10.9. The number of hydrogen-bond donors (Lipinski definition) is 0. The fourth-order valence-electron chi connectivity index (χ4n) is 1.47. The van der Waals surface area contributed by atoms with E-state index in [2.05, 4.69) is 54.1 Å². The number of allylic oxidation sites excluding steroid dienone is 6. The van der Waals surface area contributed by atoms with Crippen molar-refractivity contribution in [3.05, 3.63) is 34.4 Å². The molecule has 0 aromatic carbocycles. The van der Waals surface area contributed by atoms with Gasteiger partial charge in [-0.25, -0.2) is 0 Å². The van der Waals surface area contributed by atoms with Crippen molar-refractivity contribution in [3.63, 3.8) is 0 Å². The molecule has 0 spiro atoms. The third-order valence-corrected chi connectivity index (χ3v) is 2.78. The minimum atomic E-state index is 0.0767. The van der Waals surface area contributed by atoms with Crippen LogP contribution in [0.5, 0.6) is 0 Å². The quantitative estimate of drug-likeness (QED) is 0.752. The van der Waals surface area contributed by atoms with Crippen molar-refractivity contribution in [1.82, 2.24) is 0 Å². The van der Waals surface area contributed by atoms with Crippen LogP contribution in [0.15, 0.2) is 34.4 Å². The van der Waals surface area contributed by atoms with Crippen LogP contribution >= 0.6 is 15.9 Å². The number of carbonyl (C=O) groups excluding carboxylic acids is 1. The molecule has 0 fully saturated rings. The van der Waals surface area contributed by atoms with Gasteiger partial charge in [-0.05, 0) is 25.0 Å². The van der Waals surface area contributed by atoms with Gasteiger partial charge in [0, 0.05) is 16.3 Å². The van der Waals surface area contributed by atoms with Crippen molar-refractivity contribution in [1.29, 1.82) is 0 Å². The van der Waals surface area contributed by atoms with Gasteiger partial charge in [-0.3, -0.25) is 0 Å². The van der Waals surface area contributed by atoms with Crippen LogP contribution < -0.4 is 0 Å². The Morgan fingerprint density at radius 1 is 1.47 bits per heavy atom. The highest BCUT2D eigenvalue weighted by atomic mass is 79.9. The average Bonchev–Trinajstić information content (AvgIpc) is 2.20. The molecule has 1 aliphatic carbocycles. The standard InChI is InChI=1S/C13H17BrO/c1-10(15)4-5-11-6-7-13(2,3)9-12(14)8-11/h6-9H,4-5H2,1-3H3. The van der Waals surface area contributed by atoms with Gasteiger partial charge in [0.1, 0.15) is 5.78 Å². The van der Waals surface area contributed by atoms with Crippen LogP contribution in [0, 0.1) is 5.41 Å². The van der Waals surface area contributed by atoms with Crippen molar-refractivity contribution in [2.75, 3.05) is 0 Å². The van der Waals surface area contributed by atoms with Crippen molar-refractivity contribution in [2.45, 2.75) is 33.6 Å². The molecular formula is C13H17BrO. The lowest BCUT2D eigenvalue weighted by atomic mass is 9.93. The third kappa shape index (κ3) is 4.61. The molecule has 0 aromatic rings. The lowest BCUT2D eigenvalue weighted by Gasteiger charge is -2.13. The first-order valence-electron chi connectivity index (χ1n) is 5.17. The Labute approximate surface area is 100 Å². The topological polar surface area (TPSA) is 17.1 Å². The van der Waals surface area contributed by atoms with Crippen LogP contribution in [-0.4, -0.2) is 5.78 Å². The summed E-state index contributed by atoms with van der Waals surface area (Å²) in [4.78, 5) is 10.9. The van der Waals surface area contributed by atoms with Crippen LogP contribution in [0.3, 0.4) is 0 Å². The van der Waals surface area contributed by atoms with Gasteiger partial charge < -0.3 is 4.79 Å². The van der Waals surface area contributed by atoms with E-state index in [1.165, 1.54) is 5.57 Å². The molecule has 2 heteroatoms. The SMILES string of the molecule is CC(=O)CCC1=CC(Br)=CC(C)(C)C=C1. The summed E-state index contributed by atoms with van der Waals surface area (Å²) in [6, 6.07) is 0. The first kappa shape index (κ1) is 12.4. The van der Waals surface area contributed by atoms with E-state index in [4.69, 9.17) is 0 Å². The van der Waals surface area contributed by atoms with E-state index in [9.17, 15) is 4.79 Å². The van der Waals surface area contributed by atoms with E-state index in [0.717, 1.165) is 10.9 Å². The van der Waals surface area contributed by atoms with Gasteiger partial charge in [-0.15, -0.1) is 0 Å². The highest BCUT2D eigenvalue weighted by molar-refractivity contribution is 9.11. The molecule has 0 radical (unpaired) electrons. The van der Waals surface area contributed by atoms with E-state index in [-0.39, 0.29) is 11.2 Å². The van der Waals surface area contributed by atoms with E-state index in [1.54, 1.807) is 6.92 Å². The van der Waals surface area contributed by atoms with Gasteiger partial charge in [0.25, 0.3) is 0 Å². The second kappa shape index (κ2) is 4.93. The molecule has 1 aliphatic rings. The minimum Gasteiger partial charge on any atom is -0.300 e. The minimum absolute atomic E-state index is 0.0767. The molecular weight excluding hydrogens is 252 g/mol. The smallest absolute Gasteiger partial charge is 0.130 e. The van der Waals surface area contributed by atoms with Gasteiger partial charge >= 0.3 is 0 Å². The maximum Gasteiger partial charge on any atom is 0.130 e. The summed E-state index contributed by atoms with van der Waals surface area (Å²) in [5, 5.41) is 0. The second-order valence-electron chi connectivity index (χ2n) is 4.61. The van der Waals surface area contributed by atoms with E-state index >= 15 is 0 Å². The Kier molecular flexibility index (Phi) is 4.09. The predicted octanol–water partition coefficient (Wildman–Crippen LogP) is 4.16. The van der Waals surface area contributed by atoms with E-state index < -0.39 is 0 Å².